The molecule has 0 saturated carbocycles. The summed E-state index contributed by atoms with van der Waals surface area (Å²) in [5.41, 5.74) is 0.0845. The molecule has 0 aliphatic heterocycles. The van der Waals surface area contributed by atoms with Crippen LogP contribution in [0.1, 0.15) is 0 Å². The molecule has 19 heavy (non-hydrogen) atoms. The Kier molecular flexibility index (Phi) is 4.19. The Hall–Kier alpha value is -2.28. The van der Waals surface area contributed by atoms with Gasteiger partial charge in [-0.15, -0.1) is 0 Å². The molecule has 3 N–H and O–H groups in total. The van der Waals surface area contributed by atoms with E-state index in [0.29, 0.717) is 10.8 Å². The maximum atomic E-state index is 11.7. The highest BCUT2D eigenvalue weighted by Gasteiger charge is 2.07. The summed E-state index contributed by atoms with van der Waals surface area (Å²) in [5, 5.41) is 12.4. The standard InChI is InChI=1S/C12H11N3O3S/c16-9-4-2-1-3-8(9)14-11(18)7-19-12-13-6-5-10(17)15-12/h1-6,16H,7H2,(H,14,18)(H,13,15,17). The van der Waals surface area contributed by atoms with Gasteiger partial charge in [-0.3, -0.25) is 9.59 Å². The van der Waals surface area contributed by atoms with Crippen LogP contribution in [-0.4, -0.2) is 26.7 Å². The number of aromatic amines is 1. The van der Waals surface area contributed by atoms with E-state index in [9.17, 15) is 14.7 Å². The highest BCUT2D eigenvalue weighted by Crippen LogP contribution is 2.21. The second-order valence-electron chi connectivity index (χ2n) is 3.59. The number of phenols is 1. The normalized spacial score (nSPS) is 10.1. The fourth-order valence-corrected chi connectivity index (χ4v) is 1.97. The largest absolute Gasteiger partial charge is 0.506 e. The summed E-state index contributed by atoms with van der Waals surface area (Å²) in [4.78, 5) is 29.1. The van der Waals surface area contributed by atoms with Gasteiger partial charge >= 0.3 is 0 Å². The van der Waals surface area contributed by atoms with E-state index >= 15 is 0 Å². The molecular formula is C12H11N3O3S. The monoisotopic (exact) mass is 277 g/mol. The van der Waals surface area contributed by atoms with Crippen molar-refractivity contribution in [3.63, 3.8) is 0 Å². The Bertz CT molecular complexity index is 642. The number of benzene rings is 1. The number of nitrogens with one attached hydrogen (secondary N) is 2. The minimum absolute atomic E-state index is 0.00657. The Labute approximate surface area is 112 Å². The highest BCUT2D eigenvalue weighted by molar-refractivity contribution is 7.99. The fraction of sp³-hybridized carbons (Fsp3) is 0.0833. The van der Waals surface area contributed by atoms with Crippen LogP contribution in [0.4, 0.5) is 5.69 Å². The van der Waals surface area contributed by atoms with Gasteiger partial charge in [0.1, 0.15) is 5.75 Å². The zero-order valence-corrected chi connectivity index (χ0v) is 10.6. The molecule has 0 radical (unpaired) electrons. The molecule has 0 aliphatic carbocycles. The first-order chi connectivity index (χ1) is 9.15. The lowest BCUT2D eigenvalue weighted by atomic mass is 10.3. The van der Waals surface area contributed by atoms with E-state index in [-0.39, 0.29) is 23.0 Å². The molecule has 0 unspecified atom stereocenters. The Morgan fingerprint density at radius 1 is 1.37 bits per heavy atom. The number of H-pyrrole nitrogens is 1. The molecule has 0 saturated heterocycles. The van der Waals surface area contributed by atoms with Gasteiger partial charge in [0.2, 0.25) is 5.91 Å². The first-order valence-corrected chi connectivity index (χ1v) is 6.39. The van der Waals surface area contributed by atoms with E-state index in [2.05, 4.69) is 15.3 Å². The van der Waals surface area contributed by atoms with Crippen molar-refractivity contribution in [3.05, 3.63) is 46.9 Å². The van der Waals surface area contributed by atoms with E-state index in [0.717, 1.165) is 11.8 Å². The Balaban J connectivity index is 1.92. The maximum Gasteiger partial charge on any atom is 0.251 e. The van der Waals surface area contributed by atoms with Gasteiger partial charge in [0.25, 0.3) is 5.56 Å². The van der Waals surface area contributed by atoms with Crippen molar-refractivity contribution < 1.29 is 9.90 Å². The van der Waals surface area contributed by atoms with E-state index in [4.69, 9.17) is 0 Å². The van der Waals surface area contributed by atoms with Gasteiger partial charge in [-0.2, -0.15) is 0 Å². The number of amides is 1. The molecule has 1 heterocycles. The molecule has 2 aromatic rings. The van der Waals surface area contributed by atoms with Crippen LogP contribution >= 0.6 is 11.8 Å². The molecule has 0 aliphatic rings. The summed E-state index contributed by atoms with van der Waals surface area (Å²) in [6.45, 7) is 0. The second-order valence-corrected chi connectivity index (χ2v) is 4.56. The molecule has 0 atom stereocenters. The lowest BCUT2D eigenvalue weighted by molar-refractivity contribution is -0.113. The third-order valence-electron chi connectivity index (χ3n) is 2.17. The number of anilines is 1. The first-order valence-electron chi connectivity index (χ1n) is 5.41. The van der Waals surface area contributed by atoms with Crippen LogP contribution in [0.2, 0.25) is 0 Å². The number of carbonyl (C=O) groups excluding carboxylic acids is 1. The molecule has 6 nitrogen and oxygen atoms in total. The SMILES string of the molecule is O=C(CSc1nccc(=O)[nH]1)Nc1ccccc1O. The van der Waals surface area contributed by atoms with Gasteiger partial charge in [0.05, 0.1) is 11.4 Å². The third-order valence-corrected chi connectivity index (χ3v) is 3.05. The fourth-order valence-electron chi connectivity index (χ4n) is 1.32. The smallest absolute Gasteiger partial charge is 0.251 e. The van der Waals surface area contributed by atoms with Crippen LogP contribution in [0.15, 0.2) is 46.5 Å². The first kappa shape index (κ1) is 13.2. The van der Waals surface area contributed by atoms with Crippen LogP contribution in [-0.2, 0) is 4.79 Å². The topological polar surface area (TPSA) is 95.1 Å². The van der Waals surface area contributed by atoms with Gasteiger partial charge in [-0.25, -0.2) is 4.98 Å². The van der Waals surface area contributed by atoms with Gasteiger partial charge in [-0.1, -0.05) is 23.9 Å². The molecule has 2 rings (SSSR count). The van der Waals surface area contributed by atoms with Crippen molar-refractivity contribution in [2.24, 2.45) is 0 Å². The van der Waals surface area contributed by atoms with Gasteiger partial charge in [0.15, 0.2) is 5.16 Å². The Morgan fingerprint density at radius 3 is 2.89 bits per heavy atom. The minimum atomic E-state index is -0.294. The van der Waals surface area contributed by atoms with Crippen molar-refractivity contribution in [1.29, 1.82) is 0 Å². The van der Waals surface area contributed by atoms with E-state index in [1.165, 1.54) is 18.3 Å². The summed E-state index contributed by atoms with van der Waals surface area (Å²) < 4.78 is 0. The molecule has 1 aromatic carbocycles. The number of phenolic OH excluding ortho intramolecular Hbond substituents is 1. The number of carbonyl (C=O) groups is 1. The van der Waals surface area contributed by atoms with Gasteiger partial charge < -0.3 is 15.4 Å². The van der Waals surface area contributed by atoms with Crippen LogP contribution in [0, 0.1) is 0 Å². The number of aromatic nitrogens is 2. The van der Waals surface area contributed by atoms with Crippen molar-refractivity contribution >= 4 is 23.4 Å². The number of aromatic hydroxyl groups is 1. The average Bonchev–Trinajstić information content (AvgIpc) is 2.39. The van der Waals surface area contributed by atoms with Crippen molar-refractivity contribution in [3.8, 4) is 5.75 Å². The molecular weight excluding hydrogens is 266 g/mol. The van der Waals surface area contributed by atoms with Crippen LogP contribution in [0.5, 0.6) is 5.75 Å². The van der Waals surface area contributed by atoms with E-state index in [1.807, 2.05) is 0 Å². The van der Waals surface area contributed by atoms with Crippen molar-refractivity contribution in [2.75, 3.05) is 11.1 Å². The van der Waals surface area contributed by atoms with E-state index in [1.54, 1.807) is 18.2 Å². The number of rotatable bonds is 4. The number of hydrogen-bond donors (Lipinski definition) is 3. The summed E-state index contributed by atoms with van der Waals surface area (Å²) in [5.74, 6) is -0.202. The third kappa shape index (κ3) is 3.85. The van der Waals surface area contributed by atoms with E-state index < -0.39 is 0 Å². The summed E-state index contributed by atoms with van der Waals surface area (Å²) in [7, 11) is 0. The molecule has 1 aromatic heterocycles. The zero-order chi connectivity index (χ0) is 13.7. The van der Waals surface area contributed by atoms with Gasteiger partial charge in [-0.05, 0) is 12.1 Å². The number of nitrogens with zero attached hydrogens (tertiary/aromatic N) is 1. The summed E-state index contributed by atoms with van der Waals surface area (Å²) >= 11 is 1.11. The molecule has 1 amide bonds. The van der Waals surface area contributed by atoms with Crippen LogP contribution in [0.3, 0.4) is 0 Å². The summed E-state index contributed by atoms with van der Waals surface area (Å²) in [6, 6.07) is 7.75. The zero-order valence-electron chi connectivity index (χ0n) is 9.79. The van der Waals surface area contributed by atoms with Crippen LogP contribution in [0.25, 0.3) is 0 Å². The molecule has 7 heteroatoms. The van der Waals surface area contributed by atoms with Gasteiger partial charge in [0, 0.05) is 12.3 Å². The molecule has 0 fully saturated rings. The lowest BCUT2D eigenvalue weighted by Gasteiger charge is -2.06. The number of hydrogen-bond acceptors (Lipinski definition) is 5. The highest BCUT2D eigenvalue weighted by atomic mass is 32.2. The predicted octanol–water partition coefficient (Wildman–Crippen LogP) is 1.21. The second kappa shape index (κ2) is 6.05. The minimum Gasteiger partial charge on any atom is -0.506 e. The molecule has 0 spiro atoms. The lowest BCUT2D eigenvalue weighted by Crippen LogP contribution is -2.15. The Morgan fingerprint density at radius 2 is 2.16 bits per heavy atom. The molecule has 0 bridgehead atoms. The summed E-state index contributed by atoms with van der Waals surface area (Å²) in [6.07, 6.45) is 1.38. The number of thioether (sulfide) groups is 1. The van der Waals surface area contributed by atoms with Crippen molar-refractivity contribution in [1.82, 2.24) is 9.97 Å². The van der Waals surface area contributed by atoms with Crippen molar-refractivity contribution in [2.45, 2.75) is 5.16 Å². The quantitative estimate of drug-likeness (QED) is 0.443. The molecule has 98 valence electrons. The predicted molar refractivity (Wildman–Crippen MR) is 72.3 cm³/mol. The number of para-hydroxylation sites is 2. The maximum absolute atomic E-state index is 11.7. The average molecular weight is 277 g/mol. The van der Waals surface area contributed by atoms with Crippen LogP contribution < -0.4 is 10.9 Å².